The second kappa shape index (κ2) is 11.0. The van der Waals surface area contributed by atoms with Crippen LogP contribution in [0.3, 0.4) is 0 Å². The zero-order valence-electron chi connectivity index (χ0n) is 18.3. The van der Waals surface area contributed by atoms with Crippen LogP contribution in [0.15, 0.2) is 24.3 Å². The highest BCUT2D eigenvalue weighted by atomic mass is 16.6. The molecule has 2 fully saturated rings. The molecule has 1 saturated heterocycles. The molecule has 0 radical (unpaired) electrons. The summed E-state index contributed by atoms with van der Waals surface area (Å²) in [4.78, 5) is 52.0. The SMILES string of the molecule is COCCCNC(=O)CCN1C(=O)C2CCCCC2N(Cc2cccc([N+](=O)[O-])c2)C1=O. The molecule has 0 aromatic heterocycles. The molecule has 174 valence electrons. The maximum Gasteiger partial charge on any atom is 0.327 e. The van der Waals surface area contributed by atoms with E-state index in [1.54, 1.807) is 24.1 Å². The average Bonchev–Trinajstić information content (AvgIpc) is 2.79. The normalized spacial score (nSPS) is 20.8. The third-order valence-corrected chi connectivity index (χ3v) is 6.07. The van der Waals surface area contributed by atoms with E-state index in [2.05, 4.69) is 5.32 Å². The number of nitrogens with zero attached hydrogens (tertiary/aromatic N) is 3. The van der Waals surface area contributed by atoms with Gasteiger partial charge in [-0.2, -0.15) is 0 Å². The van der Waals surface area contributed by atoms with Gasteiger partial charge >= 0.3 is 6.03 Å². The minimum absolute atomic E-state index is 0.0163. The summed E-state index contributed by atoms with van der Waals surface area (Å²) >= 11 is 0. The van der Waals surface area contributed by atoms with Crippen LogP contribution in [0.5, 0.6) is 0 Å². The summed E-state index contributed by atoms with van der Waals surface area (Å²) in [6.45, 7) is 1.22. The topological polar surface area (TPSA) is 122 Å². The Kier molecular flexibility index (Phi) is 8.15. The quantitative estimate of drug-likeness (QED) is 0.335. The number of benzene rings is 1. The summed E-state index contributed by atoms with van der Waals surface area (Å²) < 4.78 is 4.95. The molecule has 10 nitrogen and oxygen atoms in total. The number of carbonyl (C=O) groups is 3. The fourth-order valence-corrected chi connectivity index (χ4v) is 4.47. The summed E-state index contributed by atoms with van der Waals surface area (Å²) in [5.74, 6) is -0.746. The van der Waals surface area contributed by atoms with Gasteiger partial charge in [-0.05, 0) is 24.8 Å². The van der Waals surface area contributed by atoms with Crippen LogP contribution in [0.25, 0.3) is 0 Å². The highest BCUT2D eigenvalue weighted by Crippen LogP contribution is 2.35. The summed E-state index contributed by atoms with van der Waals surface area (Å²) in [7, 11) is 1.59. The molecule has 32 heavy (non-hydrogen) atoms. The van der Waals surface area contributed by atoms with Crippen molar-refractivity contribution in [2.45, 2.75) is 51.1 Å². The number of carbonyl (C=O) groups excluding carboxylic acids is 3. The molecule has 2 unspecified atom stereocenters. The third kappa shape index (κ3) is 5.61. The van der Waals surface area contributed by atoms with Crippen molar-refractivity contribution in [1.82, 2.24) is 15.1 Å². The first-order valence-corrected chi connectivity index (χ1v) is 11.0. The lowest BCUT2D eigenvalue weighted by Crippen LogP contribution is -2.62. The molecule has 3 rings (SSSR count). The summed E-state index contributed by atoms with van der Waals surface area (Å²) in [5.41, 5.74) is 0.604. The Morgan fingerprint density at radius 2 is 2.06 bits per heavy atom. The Hall–Kier alpha value is -3.01. The average molecular weight is 447 g/mol. The van der Waals surface area contributed by atoms with Crippen molar-refractivity contribution in [3.63, 3.8) is 0 Å². The minimum Gasteiger partial charge on any atom is -0.385 e. The van der Waals surface area contributed by atoms with Crippen LogP contribution in [-0.2, 0) is 20.9 Å². The Morgan fingerprint density at radius 1 is 1.28 bits per heavy atom. The molecule has 1 heterocycles. The summed E-state index contributed by atoms with van der Waals surface area (Å²) in [6.07, 6.45) is 3.99. The van der Waals surface area contributed by atoms with Crippen LogP contribution >= 0.6 is 0 Å². The van der Waals surface area contributed by atoms with Crippen molar-refractivity contribution in [2.24, 2.45) is 5.92 Å². The number of nitrogens with one attached hydrogen (secondary N) is 1. The minimum atomic E-state index is -0.466. The van der Waals surface area contributed by atoms with Gasteiger partial charge < -0.3 is 15.0 Å². The van der Waals surface area contributed by atoms with E-state index >= 15 is 0 Å². The number of fused-ring (bicyclic) bond motifs is 1. The molecule has 2 atom stereocenters. The van der Waals surface area contributed by atoms with Crippen molar-refractivity contribution in [3.05, 3.63) is 39.9 Å². The third-order valence-electron chi connectivity index (χ3n) is 6.07. The zero-order valence-corrected chi connectivity index (χ0v) is 18.3. The van der Waals surface area contributed by atoms with Gasteiger partial charge in [0.05, 0.1) is 10.8 Å². The van der Waals surface area contributed by atoms with Gasteiger partial charge in [0, 0.05) is 57.9 Å². The largest absolute Gasteiger partial charge is 0.385 e. The fourth-order valence-electron chi connectivity index (χ4n) is 4.47. The molecule has 1 saturated carbocycles. The van der Waals surface area contributed by atoms with Gasteiger partial charge in [-0.25, -0.2) is 4.79 Å². The number of imide groups is 1. The number of hydrogen-bond donors (Lipinski definition) is 1. The molecule has 2 aliphatic rings. The van der Waals surface area contributed by atoms with Crippen LogP contribution in [-0.4, -0.2) is 65.4 Å². The molecular formula is C22H30N4O6. The zero-order chi connectivity index (χ0) is 23.1. The van der Waals surface area contributed by atoms with Crippen LogP contribution in [0.1, 0.15) is 44.1 Å². The second-order valence-electron chi connectivity index (χ2n) is 8.23. The molecule has 1 aliphatic carbocycles. The highest BCUT2D eigenvalue weighted by Gasteiger charge is 2.46. The fraction of sp³-hybridized carbons (Fsp3) is 0.591. The van der Waals surface area contributed by atoms with E-state index in [1.807, 2.05) is 0 Å². The first-order valence-electron chi connectivity index (χ1n) is 11.0. The summed E-state index contributed by atoms with van der Waals surface area (Å²) in [6, 6.07) is 5.55. The Bertz CT molecular complexity index is 861. The van der Waals surface area contributed by atoms with Gasteiger partial charge in [-0.1, -0.05) is 25.0 Å². The highest BCUT2D eigenvalue weighted by molar-refractivity contribution is 5.99. The van der Waals surface area contributed by atoms with Crippen LogP contribution in [0.2, 0.25) is 0 Å². The molecule has 0 bridgehead atoms. The number of rotatable bonds is 10. The first kappa shape index (κ1) is 23.6. The van der Waals surface area contributed by atoms with E-state index in [4.69, 9.17) is 4.74 Å². The van der Waals surface area contributed by atoms with E-state index < -0.39 is 11.0 Å². The molecule has 1 N–H and O–H groups in total. The standard InChI is InChI=1S/C22H30N4O6/c1-32-13-5-11-23-20(27)10-12-24-21(28)18-8-2-3-9-19(18)25(22(24)29)15-16-6-4-7-17(14-16)26(30)31/h4,6-7,14,18-19H,2-3,5,8-13,15H2,1H3,(H,23,27). The maximum absolute atomic E-state index is 13.3. The van der Waals surface area contributed by atoms with E-state index in [0.717, 1.165) is 19.3 Å². The monoisotopic (exact) mass is 446 g/mol. The van der Waals surface area contributed by atoms with Gasteiger partial charge in [-0.15, -0.1) is 0 Å². The maximum atomic E-state index is 13.3. The van der Waals surface area contributed by atoms with Crippen molar-refractivity contribution in [3.8, 4) is 0 Å². The second-order valence-corrected chi connectivity index (χ2v) is 8.23. The van der Waals surface area contributed by atoms with Gasteiger partial charge in [0.25, 0.3) is 5.69 Å². The molecule has 0 spiro atoms. The van der Waals surface area contributed by atoms with E-state index in [0.29, 0.717) is 31.6 Å². The predicted molar refractivity (Wildman–Crippen MR) is 116 cm³/mol. The lowest BCUT2D eigenvalue weighted by atomic mass is 9.81. The van der Waals surface area contributed by atoms with Crippen molar-refractivity contribution in [2.75, 3.05) is 26.8 Å². The Balaban J connectivity index is 1.71. The van der Waals surface area contributed by atoms with E-state index in [1.165, 1.54) is 17.0 Å². The van der Waals surface area contributed by atoms with Gasteiger partial charge in [0.15, 0.2) is 0 Å². The van der Waals surface area contributed by atoms with Gasteiger partial charge in [0.1, 0.15) is 0 Å². The smallest absolute Gasteiger partial charge is 0.327 e. The number of nitro benzene ring substituents is 1. The van der Waals surface area contributed by atoms with Gasteiger partial charge in [0.2, 0.25) is 11.8 Å². The van der Waals surface area contributed by atoms with Crippen LogP contribution in [0.4, 0.5) is 10.5 Å². The summed E-state index contributed by atoms with van der Waals surface area (Å²) in [5, 5.41) is 13.9. The van der Waals surface area contributed by atoms with Crippen molar-refractivity contribution < 1.29 is 24.0 Å². The molecule has 1 aromatic carbocycles. The number of methoxy groups -OCH3 is 1. The lowest BCUT2D eigenvalue weighted by molar-refractivity contribution is -0.384. The molecule has 1 aliphatic heterocycles. The number of amides is 4. The lowest BCUT2D eigenvalue weighted by Gasteiger charge is -2.46. The van der Waals surface area contributed by atoms with Crippen LogP contribution in [0, 0.1) is 16.0 Å². The molecule has 4 amide bonds. The first-order chi connectivity index (χ1) is 15.4. The molecule has 10 heteroatoms. The molecule has 1 aromatic rings. The van der Waals surface area contributed by atoms with Crippen LogP contribution < -0.4 is 5.32 Å². The van der Waals surface area contributed by atoms with Crippen molar-refractivity contribution in [1.29, 1.82) is 0 Å². The number of hydrogen-bond acceptors (Lipinski definition) is 6. The number of non-ortho nitro benzene ring substituents is 1. The van der Waals surface area contributed by atoms with Crippen molar-refractivity contribution >= 4 is 23.5 Å². The number of nitro groups is 1. The van der Waals surface area contributed by atoms with Gasteiger partial charge in [-0.3, -0.25) is 24.6 Å². The predicted octanol–water partition coefficient (Wildman–Crippen LogP) is 2.46. The number of urea groups is 1. The van der Waals surface area contributed by atoms with E-state index in [-0.39, 0.29) is 49.0 Å². The van der Waals surface area contributed by atoms with E-state index in [9.17, 15) is 24.5 Å². The Morgan fingerprint density at radius 3 is 2.81 bits per heavy atom. The Labute approximate surface area is 187 Å². The molecular weight excluding hydrogens is 416 g/mol. The number of ether oxygens (including phenoxy) is 1.